The number of Topliss-reactive ketones (excluding diaryl/α,β-unsaturated/α-hetero) is 1. The molecule has 8 heteroatoms. The highest BCUT2D eigenvalue weighted by molar-refractivity contribution is 9.10. The first-order valence-electron chi connectivity index (χ1n) is 9.10. The van der Waals surface area contributed by atoms with Crippen molar-refractivity contribution in [1.29, 1.82) is 0 Å². The fraction of sp³-hybridized carbons (Fsp3) is 0.190. The van der Waals surface area contributed by atoms with Gasteiger partial charge in [-0.15, -0.1) is 0 Å². The molecule has 1 atom stereocenters. The highest BCUT2D eigenvalue weighted by Gasteiger charge is 2.44. The predicted octanol–water partition coefficient (Wildman–Crippen LogP) is 3.91. The number of hydrogen-bond acceptors (Lipinski definition) is 5. The van der Waals surface area contributed by atoms with Crippen LogP contribution in [0.15, 0.2) is 81.6 Å². The van der Waals surface area contributed by atoms with E-state index in [4.69, 9.17) is 4.42 Å². The highest BCUT2D eigenvalue weighted by atomic mass is 79.9. The van der Waals surface area contributed by atoms with Crippen LogP contribution in [0.2, 0.25) is 0 Å². The van der Waals surface area contributed by atoms with Crippen LogP contribution in [0.3, 0.4) is 0 Å². The van der Waals surface area contributed by atoms with Gasteiger partial charge in [0.05, 0.1) is 24.2 Å². The molecule has 1 aliphatic heterocycles. The number of aromatic nitrogens is 2. The lowest BCUT2D eigenvalue weighted by molar-refractivity contribution is -0.129. The summed E-state index contributed by atoms with van der Waals surface area (Å²) in [7, 11) is 0. The number of rotatable bonds is 7. The number of amides is 1. The van der Waals surface area contributed by atoms with Crippen molar-refractivity contribution in [3.63, 3.8) is 0 Å². The van der Waals surface area contributed by atoms with Gasteiger partial charge in [0.1, 0.15) is 0 Å². The maximum Gasteiger partial charge on any atom is 0.290 e. The van der Waals surface area contributed by atoms with Gasteiger partial charge >= 0.3 is 0 Å². The first-order chi connectivity index (χ1) is 14.1. The summed E-state index contributed by atoms with van der Waals surface area (Å²) in [5.74, 6) is -1.50. The fourth-order valence-electron chi connectivity index (χ4n) is 3.52. The summed E-state index contributed by atoms with van der Waals surface area (Å²) in [5.41, 5.74) is 0.764. The van der Waals surface area contributed by atoms with E-state index in [1.54, 1.807) is 18.6 Å². The van der Waals surface area contributed by atoms with Gasteiger partial charge in [0, 0.05) is 30.0 Å². The predicted molar refractivity (Wildman–Crippen MR) is 108 cm³/mol. The van der Waals surface area contributed by atoms with Crippen LogP contribution >= 0.6 is 15.9 Å². The summed E-state index contributed by atoms with van der Waals surface area (Å²) in [6.45, 7) is 1.03. The van der Waals surface area contributed by atoms with E-state index in [1.807, 2.05) is 35.0 Å². The Kier molecular flexibility index (Phi) is 5.35. The number of aliphatic hydroxyl groups is 1. The van der Waals surface area contributed by atoms with Gasteiger partial charge in [-0.2, -0.15) is 0 Å². The van der Waals surface area contributed by atoms with Crippen LogP contribution in [0.25, 0.3) is 0 Å². The van der Waals surface area contributed by atoms with Crippen molar-refractivity contribution in [3.05, 3.63) is 88.5 Å². The molecule has 3 heterocycles. The number of carbonyl (C=O) groups is 2. The third kappa shape index (κ3) is 3.75. The zero-order valence-corrected chi connectivity index (χ0v) is 16.9. The summed E-state index contributed by atoms with van der Waals surface area (Å²) in [5, 5.41) is 10.6. The van der Waals surface area contributed by atoms with Gasteiger partial charge in [0.2, 0.25) is 5.78 Å². The maximum absolute atomic E-state index is 13.0. The zero-order chi connectivity index (χ0) is 20.4. The summed E-state index contributed by atoms with van der Waals surface area (Å²) >= 11 is 3.44. The first kappa shape index (κ1) is 19.2. The Morgan fingerprint density at radius 1 is 1.24 bits per heavy atom. The van der Waals surface area contributed by atoms with E-state index >= 15 is 0 Å². The molecule has 7 nitrogen and oxygen atoms in total. The number of ketones is 1. The van der Waals surface area contributed by atoms with E-state index in [0.717, 1.165) is 10.0 Å². The second-order valence-electron chi connectivity index (χ2n) is 6.68. The number of halogens is 1. The van der Waals surface area contributed by atoms with Gasteiger partial charge in [-0.05, 0) is 36.2 Å². The van der Waals surface area contributed by atoms with Crippen molar-refractivity contribution < 1.29 is 19.1 Å². The van der Waals surface area contributed by atoms with Crippen LogP contribution in [0, 0.1) is 0 Å². The molecule has 1 aromatic carbocycles. The number of imidazole rings is 1. The molecule has 0 unspecified atom stereocenters. The molecule has 0 aliphatic carbocycles. The van der Waals surface area contributed by atoms with Crippen molar-refractivity contribution in [2.75, 3.05) is 6.54 Å². The molecule has 0 spiro atoms. The molecular weight excluding hydrogens is 438 g/mol. The second-order valence-corrected chi connectivity index (χ2v) is 7.59. The lowest BCUT2D eigenvalue weighted by Crippen LogP contribution is -2.32. The first-order valence-corrected chi connectivity index (χ1v) is 9.89. The highest BCUT2D eigenvalue weighted by Crippen LogP contribution is 2.39. The molecular formula is C21H18BrN3O4. The number of aryl methyl sites for hydroxylation is 1. The normalized spacial score (nSPS) is 16.7. The van der Waals surface area contributed by atoms with Gasteiger partial charge in [-0.25, -0.2) is 4.98 Å². The van der Waals surface area contributed by atoms with Crippen LogP contribution in [0.5, 0.6) is 0 Å². The van der Waals surface area contributed by atoms with Crippen molar-refractivity contribution in [3.8, 4) is 0 Å². The van der Waals surface area contributed by atoms with E-state index in [0.29, 0.717) is 19.5 Å². The monoisotopic (exact) mass is 455 g/mol. The topological polar surface area (TPSA) is 88.6 Å². The van der Waals surface area contributed by atoms with E-state index < -0.39 is 23.5 Å². The summed E-state index contributed by atoms with van der Waals surface area (Å²) in [4.78, 5) is 31.4. The number of nitrogens with zero attached hydrogens (tertiary/aromatic N) is 3. The SMILES string of the molecule is O=C(C1=C(O)C(=O)N(CCCn2ccnc2)[C@H]1c1cccc(Br)c1)c1ccco1. The van der Waals surface area contributed by atoms with Gasteiger partial charge in [-0.3, -0.25) is 9.59 Å². The fourth-order valence-corrected chi connectivity index (χ4v) is 3.94. The minimum absolute atomic E-state index is 0.0330. The summed E-state index contributed by atoms with van der Waals surface area (Å²) in [6.07, 6.45) is 7.28. The lowest BCUT2D eigenvalue weighted by atomic mass is 9.95. The summed E-state index contributed by atoms with van der Waals surface area (Å²) in [6, 6.07) is 9.79. The number of carbonyl (C=O) groups excluding carboxylic acids is 2. The molecule has 0 saturated heterocycles. The van der Waals surface area contributed by atoms with Crippen LogP contribution in [0.1, 0.15) is 28.6 Å². The smallest absolute Gasteiger partial charge is 0.290 e. The Bertz CT molecular complexity index is 1060. The zero-order valence-electron chi connectivity index (χ0n) is 15.4. The molecule has 1 N–H and O–H groups in total. The molecule has 0 bridgehead atoms. The largest absolute Gasteiger partial charge is 0.503 e. The number of aliphatic hydroxyl groups excluding tert-OH is 1. The average molecular weight is 456 g/mol. The minimum Gasteiger partial charge on any atom is -0.503 e. The Labute approximate surface area is 175 Å². The molecule has 1 aliphatic rings. The molecule has 29 heavy (non-hydrogen) atoms. The van der Waals surface area contributed by atoms with E-state index in [-0.39, 0.29) is 11.3 Å². The molecule has 0 fully saturated rings. The molecule has 1 amide bonds. The van der Waals surface area contributed by atoms with E-state index in [1.165, 1.54) is 17.2 Å². The molecule has 148 valence electrons. The number of hydrogen-bond donors (Lipinski definition) is 1. The van der Waals surface area contributed by atoms with E-state index in [9.17, 15) is 14.7 Å². The molecule has 3 aromatic rings. The summed E-state index contributed by atoms with van der Waals surface area (Å²) < 4.78 is 7.95. The third-order valence-corrected chi connectivity index (χ3v) is 5.33. The van der Waals surface area contributed by atoms with Crippen molar-refractivity contribution in [2.24, 2.45) is 0 Å². The Balaban J connectivity index is 1.67. The van der Waals surface area contributed by atoms with Gasteiger partial charge in [0.15, 0.2) is 11.5 Å². The molecule has 2 aromatic heterocycles. The van der Waals surface area contributed by atoms with Gasteiger partial charge in [0.25, 0.3) is 5.91 Å². The van der Waals surface area contributed by atoms with Crippen molar-refractivity contribution in [2.45, 2.75) is 19.0 Å². The quantitative estimate of drug-likeness (QED) is 0.545. The molecule has 4 rings (SSSR count). The third-order valence-electron chi connectivity index (χ3n) is 4.83. The number of furan rings is 1. The van der Waals surface area contributed by atoms with Crippen LogP contribution in [-0.4, -0.2) is 37.8 Å². The Morgan fingerprint density at radius 2 is 2.10 bits per heavy atom. The lowest BCUT2D eigenvalue weighted by Gasteiger charge is -2.27. The number of benzene rings is 1. The van der Waals surface area contributed by atoms with Crippen molar-refractivity contribution >= 4 is 27.6 Å². The molecule has 0 radical (unpaired) electrons. The van der Waals surface area contributed by atoms with E-state index in [2.05, 4.69) is 20.9 Å². The van der Waals surface area contributed by atoms with Crippen LogP contribution in [-0.2, 0) is 11.3 Å². The van der Waals surface area contributed by atoms with Gasteiger partial charge < -0.3 is 19.0 Å². The van der Waals surface area contributed by atoms with Crippen LogP contribution in [0.4, 0.5) is 0 Å². The van der Waals surface area contributed by atoms with Gasteiger partial charge in [-0.1, -0.05) is 28.1 Å². The molecule has 0 saturated carbocycles. The Hall–Kier alpha value is -3.13. The maximum atomic E-state index is 13.0. The average Bonchev–Trinajstić information content (AvgIpc) is 3.46. The standard InChI is InChI=1S/C21H18BrN3O4/c22-15-5-1-4-14(12-15)18-17(19(26)16-6-2-11-29-16)20(27)21(28)25(18)9-3-8-24-10-7-23-13-24/h1-2,4-7,10-13,18,27H,3,8-9H2/t18-/m0/s1. The minimum atomic E-state index is -0.694. The second kappa shape index (κ2) is 8.08. The van der Waals surface area contributed by atoms with Crippen molar-refractivity contribution in [1.82, 2.24) is 14.5 Å². The van der Waals surface area contributed by atoms with Crippen LogP contribution < -0.4 is 0 Å². The Morgan fingerprint density at radius 3 is 2.79 bits per heavy atom.